The van der Waals surface area contributed by atoms with Crippen LogP contribution < -0.4 is 5.32 Å². The fourth-order valence-corrected chi connectivity index (χ4v) is 2.62. The molecule has 3 aromatic carbocycles. The molecule has 0 aliphatic heterocycles. The van der Waals surface area contributed by atoms with E-state index in [1.807, 2.05) is 48.5 Å². The average Bonchev–Trinajstić information content (AvgIpc) is 2.61. The van der Waals surface area contributed by atoms with E-state index >= 15 is 0 Å². The van der Waals surface area contributed by atoms with E-state index in [1.54, 1.807) is 30.3 Å². The Morgan fingerprint density at radius 2 is 1.71 bits per heavy atom. The van der Waals surface area contributed by atoms with Gasteiger partial charge in [-0.2, -0.15) is 5.26 Å². The van der Waals surface area contributed by atoms with Gasteiger partial charge in [-0.05, 0) is 34.5 Å². The summed E-state index contributed by atoms with van der Waals surface area (Å²) < 4.78 is 0. The van der Waals surface area contributed by atoms with Gasteiger partial charge in [-0.15, -0.1) is 0 Å². The van der Waals surface area contributed by atoms with Crippen molar-refractivity contribution in [1.82, 2.24) is 0 Å². The van der Waals surface area contributed by atoms with Crippen molar-refractivity contribution < 1.29 is 4.79 Å². The average molecular weight is 333 g/mol. The van der Waals surface area contributed by atoms with Gasteiger partial charge >= 0.3 is 0 Å². The Kier molecular flexibility index (Phi) is 4.60. The van der Waals surface area contributed by atoms with Crippen LogP contribution in [0.25, 0.3) is 16.8 Å². The maximum atomic E-state index is 12.4. The summed E-state index contributed by atoms with van der Waals surface area (Å²) in [5, 5.41) is 14.5. The van der Waals surface area contributed by atoms with Gasteiger partial charge in [-0.3, -0.25) is 4.79 Å². The number of carbonyl (C=O) groups excluding carboxylic acids is 1. The highest BCUT2D eigenvalue weighted by Crippen LogP contribution is 2.23. The Hall–Kier alpha value is -3.09. The van der Waals surface area contributed by atoms with Crippen LogP contribution in [0, 0.1) is 11.3 Å². The zero-order valence-electron chi connectivity index (χ0n) is 12.7. The van der Waals surface area contributed by atoms with Crippen molar-refractivity contribution in [2.45, 2.75) is 0 Å². The summed E-state index contributed by atoms with van der Waals surface area (Å²) in [5.41, 5.74) is 1.31. The van der Waals surface area contributed by atoms with E-state index < -0.39 is 5.91 Å². The van der Waals surface area contributed by atoms with Gasteiger partial charge in [-0.25, -0.2) is 0 Å². The predicted molar refractivity (Wildman–Crippen MR) is 97.6 cm³/mol. The molecule has 4 heteroatoms. The summed E-state index contributed by atoms with van der Waals surface area (Å²) in [5.74, 6) is -0.487. The predicted octanol–water partition coefficient (Wildman–Crippen LogP) is 5.04. The summed E-state index contributed by atoms with van der Waals surface area (Å²) in [6, 6.07) is 22.5. The van der Waals surface area contributed by atoms with Gasteiger partial charge in [0.15, 0.2) is 0 Å². The van der Waals surface area contributed by atoms with Crippen molar-refractivity contribution in [2.75, 3.05) is 5.32 Å². The molecule has 0 fully saturated rings. The third-order valence-corrected chi connectivity index (χ3v) is 3.94. The largest absolute Gasteiger partial charge is 0.320 e. The summed E-state index contributed by atoms with van der Waals surface area (Å²) in [6.07, 6.45) is 1.59. The first-order valence-corrected chi connectivity index (χ1v) is 7.72. The molecule has 1 amide bonds. The van der Waals surface area contributed by atoms with E-state index in [1.165, 1.54) is 0 Å². The number of nitriles is 1. The van der Waals surface area contributed by atoms with Crippen LogP contribution in [-0.2, 0) is 4.79 Å². The van der Waals surface area contributed by atoms with E-state index in [0.29, 0.717) is 10.7 Å². The lowest BCUT2D eigenvalue weighted by Gasteiger charge is -2.07. The Bertz CT molecular complexity index is 981. The molecule has 0 aliphatic carbocycles. The normalized spacial score (nSPS) is 11.1. The summed E-state index contributed by atoms with van der Waals surface area (Å²) in [7, 11) is 0. The van der Waals surface area contributed by atoms with E-state index in [4.69, 9.17) is 11.6 Å². The number of para-hydroxylation sites is 1. The van der Waals surface area contributed by atoms with Gasteiger partial charge in [0.1, 0.15) is 11.6 Å². The molecule has 0 bridgehead atoms. The second-order valence-corrected chi connectivity index (χ2v) is 5.58. The van der Waals surface area contributed by atoms with Crippen molar-refractivity contribution in [3.05, 3.63) is 82.9 Å². The molecule has 0 aromatic heterocycles. The lowest BCUT2D eigenvalue weighted by atomic mass is 10.0. The van der Waals surface area contributed by atoms with Crippen LogP contribution in [-0.4, -0.2) is 5.91 Å². The van der Waals surface area contributed by atoms with Crippen LogP contribution in [0.2, 0.25) is 5.02 Å². The SMILES string of the molecule is N#CC(=Cc1cccc2ccccc12)C(=O)Nc1ccccc1Cl. The van der Waals surface area contributed by atoms with Crippen molar-refractivity contribution in [1.29, 1.82) is 5.26 Å². The molecule has 0 saturated heterocycles. The Labute approximate surface area is 144 Å². The topological polar surface area (TPSA) is 52.9 Å². The van der Waals surface area contributed by atoms with Crippen LogP contribution in [0.5, 0.6) is 0 Å². The Morgan fingerprint density at radius 3 is 2.50 bits per heavy atom. The first-order valence-electron chi connectivity index (χ1n) is 7.34. The number of hydrogen-bond acceptors (Lipinski definition) is 2. The molecule has 0 atom stereocenters. The number of hydrogen-bond donors (Lipinski definition) is 1. The molecule has 0 radical (unpaired) electrons. The minimum atomic E-state index is -0.487. The molecular weight excluding hydrogens is 320 g/mol. The minimum Gasteiger partial charge on any atom is -0.320 e. The molecule has 3 nitrogen and oxygen atoms in total. The van der Waals surface area contributed by atoms with Crippen LogP contribution in [0.3, 0.4) is 0 Å². The van der Waals surface area contributed by atoms with Gasteiger partial charge < -0.3 is 5.32 Å². The molecule has 116 valence electrons. The van der Waals surface area contributed by atoms with Crippen LogP contribution in [0.1, 0.15) is 5.56 Å². The van der Waals surface area contributed by atoms with Gasteiger partial charge in [0.05, 0.1) is 10.7 Å². The summed E-state index contributed by atoms with van der Waals surface area (Å²) in [4.78, 5) is 12.4. The van der Waals surface area contributed by atoms with Crippen molar-refractivity contribution in [3.63, 3.8) is 0 Å². The monoisotopic (exact) mass is 332 g/mol. The number of halogens is 1. The zero-order chi connectivity index (χ0) is 16.9. The van der Waals surface area contributed by atoms with Crippen LogP contribution in [0.15, 0.2) is 72.3 Å². The van der Waals surface area contributed by atoms with Gasteiger partial charge in [0.25, 0.3) is 5.91 Å². The maximum Gasteiger partial charge on any atom is 0.266 e. The number of fused-ring (bicyclic) bond motifs is 1. The van der Waals surface area contributed by atoms with Gasteiger partial charge in [-0.1, -0.05) is 66.2 Å². The van der Waals surface area contributed by atoms with E-state index in [0.717, 1.165) is 16.3 Å². The third kappa shape index (κ3) is 3.29. The van der Waals surface area contributed by atoms with Crippen molar-refractivity contribution >= 4 is 40.0 Å². The fourth-order valence-electron chi connectivity index (χ4n) is 2.43. The number of carbonyl (C=O) groups is 1. The zero-order valence-corrected chi connectivity index (χ0v) is 13.4. The van der Waals surface area contributed by atoms with Crippen molar-refractivity contribution in [2.24, 2.45) is 0 Å². The van der Waals surface area contributed by atoms with E-state index in [9.17, 15) is 10.1 Å². The van der Waals surface area contributed by atoms with Crippen LogP contribution in [0.4, 0.5) is 5.69 Å². The first kappa shape index (κ1) is 15.8. The number of anilines is 1. The second-order valence-electron chi connectivity index (χ2n) is 5.17. The molecule has 0 spiro atoms. The number of benzene rings is 3. The smallest absolute Gasteiger partial charge is 0.266 e. The van der Waals surface area contributed by atoms with Gasteiger partial charge in [0.2, 0.25) is 0 Å². The van der Waals surface area contributed by atoms with Crippen LogP contribution >= 0.6 is 11.6 Å². The quantitative estimate of drug-likeness (QED) is 0.539. The maximum absolute atomic E-state index is 12.4. The number of nitrogens with zero attached hydrogens (tertiary/aromatic N) is 1. The standard InChI is InChI=1S/C20H13ClN2O/c21-18-10-3-4-11-19(18)23-20(24)16(13-22)12-15-8-5-7-14-6-1-2-9-17(14)15/h1-12H,(H,23,24). The fraction of sp³-hybridized carbons (Fsp3) is 0. The second kappa shape index (κ2) is 6.99. The van der Waals surface area contributed by atoms with Gasteiger partial charge in [0, 0.05) is 0 Å². The molecule has 0 unspecified atom stereocenters. The molecule has 0 saturated carbocycles. The molecule has 0 heterocycles. The first-order chi connectivity index (χ1) is 11.7. The molecule has 3 rings (SSSR count). The molecule has 3 aromatic rings. The molecule has 1 N–H and O–H groups in total. The van der Waals surface area contributed by atoms with E-state index in [2.05, 4.69) is 5.32 Å². The highest BCUT2D eigenvalue weighted by Gasteiger charge is 2.11. The highest BCUT2D eigenvalue weighted by atomic mass is 35.5. The van der Waals surface area contributed by atoms with Crippen molar-refractivity contribution in [3.8, 4) is 6.07 Å². The lowest BCUT2D eigenvalue weighted by Crippen LogP contribution is -2.13. The summed E-state index contributed by atoms with van der Waals surface area (Å²) in [6.45, 7) is 0. The minimum absolute atomic E-state index is 0.0197. The number of rotatable bonds is 3. The van der Waals surface area contributed by atoms with E-state index in [-0.39, 0.29) is 5.57 Å². The Balaban J connectivity index is 1.96. The lowest BCUT2D eigenvalue weighted by molar-refractivity contribution is -0.112. The Morgan fingerprint density at radius 1 is 1.00 bits per heavy atom. The molecule has 0 aliphatic rings. The summed E-state index contributed by atoms with van der Waals surface area (Å²) >= 11 is 6.04. The molecular formula is C20H13ClN2O. The number of nitrogens with one attached hydrogen (secondary N) is 1. The highest BCUT2D eigenvalue weighted by molar-refractivity contribution is 6.34. The number of amides is 1. The molecule has 24 heavy (non-hydrogen) atoms. The third-order valence-electron chi connectivity index (χ3n) is 3.61.